The molecule has 0 amide bonds. The van der Waals surface area contributed by atoms with Gasteiger partial charge in [-0.2, -0.15) is 0 Å². The molecule has 0 aromatic heterocycles. The second-order valence-corrected chi connectivity index (χ2v) is 4.88. The van der Waals surface area contributed by atoms with Crippen LogP contribution in [0.2, 0.25) is 0 Å². The van der Waals surface area contributed by atoms with Crippen LogP contribution in [0.3, 0.4) is 0 Å². The van der Waals surface area contributed by atoms with Crippen molar-refractivity contribution in [2.45, 2.75) is 32.6 Å². The second-order valence-electron chi connectivity index (χ2n) is 4.88. The van der Waals surface area contributed by atoms with Gasteiger partial charge in [-0.3, -0.25) is 0 Å². The summed E-state index contributed by atoms with van der Waals surface area (Å²) in [5.41, 5.74) is 10.8. The molecule has 0 bridgehead atoms. The Hall–Kier alpha value is -1.76. The monoisotopic (exact) mass is 239 g/mol. The zero-order chi connectivity index (χ0) is 12.8. The normalized spacial score (nSPS) is 10.5. The predicted octanol–water partition coefficient (Wildman–Crippen LogP) is 4.14. The van der Waals surface area contributed by atoms with E-state index in [0.29, 0.717) is 0 Å². The van der Waals surface area contributed by atoms with E-state index in [1.54, 1.807) is 0 Å². The third kappa shape index (κ3) is 3.63. The van der Waals surface area contributed by atoms with Gasteiger partial charge in [0.15, 0.2) is 0 Å². The van der Waals surface area contributed by atoms with Gasteiger partial charge in [-0.15, -0.1) is 0 Å². The first-order valence-corrected chi connectivity index (χ1v) is 6.64. The zero-order valence-corrected chi connectivity index (χ0v) is 11.0. The molecule has 2 rings (SSSR count). The topological polar surface area (TPSA) is 26.0 Å². The molecular weight excluding hydrogens is 218 g/mol. The van der Waals surface area contributed by atoms with E-state index < -0.39 is 0 Å². The lowest BCUT2D eigenvalue weighted by molar-refractivity contribution is 0.732. The number of benzene rings is 2. The summed E-state index contributed by atoms with van der Waals surface area (Å²) in [5.74, 6) is 0. The lowest BCUT2D eigenvalue weighted by Gasteiger charge is -2.05. The fourth-order valence-electron chi connectivity index (χ4n) is 2.22. The van der Waals surface area contributed by atoms with Gasteiger partial charge >= 0.3 is 0 Å². The van der Waals surface area contributed by atoms with Crippen LogP contribution in [-0.4, -0.2) is 0 Å². The molecule has 94 valence electrons. The summed E-state index contributed by atoms with van der Waals surface area (Å²) in [6, 6.07) is 16.9. The molecule has 0 fully saturated rings. The Morgan fingerprint density at radius 1 is 0.833 bits per heavy atom. The van der Waals surface area contributed by atoms with Crippen LogP contribution in [0.25, 0.3) is 0 Å². The minimum absolute atomic E-state index is 0.846. The van der Waals surface area contributed by atoms with Crippen molar-refractivity contribution in [1.82, 2.24) is 0 Å². The van der Waals surface area contributed by atoms with Crippen molar-refractivity contribution in [2.75, 3.05) is 5.73 Å². The third-order valence-corrected chi connectivity index (χ3v) is 3.40. The largest absolute Gasteiger partial charge is 0.399 e. The zero-order valence-electron chi connectivity index (χ0n) is 11.0. The highest BCUT2D eigenvalue weighted by atomic mass is 14.5. The molecule has 0 saturated carbocycles. The minimum Gasteiger partial charge on any atom is -0.399 e. The van der Waals surface area contributed by atoms with Crippen LogP contribution in [0.1, 0.15) is 29.5 Å². The van der Waals surface area contributed by atoms with Crippen LogP contribution >= 0.6 is 0 Å². The van der Waals surface area contributed by atoms with Gasteiger partial charge in [0.1, 0.15) is 0 Å². The highest BCUT2D eigenvalue weighted by Crippen LogP contribution is 2.13. The van der Waals surface area contributed by atoms with E-state index in [9.17, 15) is 0 Å². The Balaban J connectivity index is 1.76. The molecule has 0 radical (unpaired) electrons. The summed E-state index contributed by atoms with van der Waals surface area (Å²) >= 11 is 0. The summed E-state index contributed by atoms with van der Waals surface area (Å²) in [7, 11) is 0. The predicted molar refractivity (Wildman–Crippen MR) is 78.7 cm³/mol. The number of rotatable bonds is 5. The van der Waals surface area contributed by atoms with Gasteiger partial charge < -0.3 is 5.73 Å². The maximum Gasteiger partial charge on any atom is 0.0314 e. The first-order valence-electron chi connectivity index (χ1n) is 6.64. The first-order chi connectivity index (χ1) is 8.75. The summed E-state index contributed by atoms with van der Waals surface area (Å²) in [6.07, 6.45) is 4.81. The molecule has 1 heteroatoms. The number of anilines is 1. The Morgan fingerprint density at radius 3 is 2.22 bits per heavy atom. The van der Waals surface area contributed by atoms with Gasteiger partial charge in [0.25, 0.3) is 0 Å². The highest BCUT2D eigenvalue weighted by Gasteiger charge is 1.98. The van der Waals surface area contributed by atoms with Crippen LogP contribution < -0.4 is 5.73 Å². The highest BCUT2D eigenvalue weighted by molar-refractivity contribution is 5.39. The van der Waals surface area contributed by atoms with Gasteiger partial charge in [0, 0.05) is 5.69 Å². The van der Waals surface area contributed by atoms with Crippen LogP contribution in [0.4, 0.5) is 5.69 Å². The quantitative estimate of drug-likeness (QED) is 0.616. The molecule has 2 aromatic carbocycles. The third-order valence-electron chi connectivity index (χ3n) is 3.40. The van der Waals surface area contributed by atoms with Gasteiger partial charge in [-0.25, -0.2) is 0 Å². The lowest BCUT2D eigenvalue weighted by Crippen LogP contribution is -1.92. The molecule has 0 aliphatic rings. The Kier molecular flexibility index (Phi) is 4.40. The van der Waals surface area contributed by atoms with Crippen molar-refractivity contribution in [3.63, 3.8) is 0 Å². The number of hydrogen-bond acceptors (Lipinski definition) is 1. The maximum absolute atomic E-state index is 5.67. The maximum atomic E-state index is 5.67. The molecule has 0 unspecified atom stereocenters. The summed E-state index contributed by atoms with van der Waals surface area (Å²) < 4.78 is 0. The van der Waals surface area contributed by atoms with Gasteiger partial charge in [-0.1, -0.05) is 36.4 Å². The van der Waals surface area contributed by atoms with E-state index >= 15 is 0 Å². The summed E-state index contributed by atoms with van der Waals surface area (Å²) in [4.78, 5) is 0. The fourth-order valence-corrected chi connectivity index (χ4v) is 2.22. The van der Waals surface area contributed by atoms with Gasteiger partial charge in [0.05, 0.1) is 0 Å². The van der Waals surface area contributed by atoms with Crippen molar-refractivity contribution >= 4 is 5.69 Å². The lowest BCUT2D eigenvalue weighted by atomic mass is 10.0. The van der Waals surface area contributed by atoms with Crippen LogP contribution in [0.5, 0.6) is 0 Å². The van der Waals surface area contributed by atoms with Crippen molar-refractivity contribution in [2.24, 2.45) is 0 Å². The molecule has 0 atom stereocenters. The summed E-state index contributed by atoms with van der Waals surface area (Å²) in [6.45, 7) is 2.19. The molecule has 0 spiro atoms. The number of unbranched alkanes of at least 4 members (excludes halogenated alkanes) is 1. The fraction of sp³-hybridized carbons (Fsp3) is 0.294. The van der Waals surface area contributed by atoms with Gasteiger partial charge in [-0.05, 0) is 61.4 Å². The number of nitrogen functional groups attached to an aromatic ring is 1. The standard InChI is InChI=1S/C17H21N/c1-14-6-2-4-8-16(14)9-5-3-7-15-10-12-17(18)13-11-15/h2,4,6,8,10-13H,3,5,7,9,18H2,1H3. The molecular formula is C17H21N. The van der Waals surface area contributed by atoms with Crippen molar-refractivity contribution in [3.05, 3.63) is 65.2 Å². The van der Waals surface area contributed by atoms with Crippen LogP contribution in [-0.2, 0) is 12.8 Å². The minimum atomic E-state index is 0.846. The van der Waals surface area contributed by atoms with E-state index in [4.69, 9.17) is 5.73 Å². The van der Waals surface area contributed by atoms with Crippen LogP contribution in [0.15, 0.2) is 48.5 Å². The SMILES string of the molecule is Cc1ccccc1CCCCc1ccc(N)cc1. The van der Waals surface area contributed by atoms with E-state index in [-0.39, 0.29) is 0 Å². The molecule has 0 heterocycles. The van der Waals surface area contributed by atoms with Crippen molar-refractivity contribution < 1.29 is 0 Å². The average molecular weight is 239 g/mol. The van der Waals surface area contributed by atoms with Gasteiger partial charge in [0.2, 0.25) is 0 Å². The van der Waals surface area contributed by atoms with E-state index in [0.717, 1.165) is 12.1 Å². The van der Waals surface area contributed by atoms with Crippen molar-refractivity contribution in [3.8, 4) is 0 Å². The Labute approximate surface area is 110 Å². The molecule has 0 aliphatic carbocycles. The average Bonchev–Trinajstić information content (AvgIpc) is 2.39. The Morgan fingerprint density at radius 2 is 1.50 bits per heavy atom. The van der Waals surface area contributed by atoms with Crippen molar-refractivity contribution in [1.29, 1.82) is 0 Å². The number of hydrogen-bond donors (Lipinski definition) is 1. The van der Waals surface area contributed by atoms with E-state index in [1.165, 1.54) is 36.0 Å². The molecule has 18 heavy (non-hydrogen) atoms. The first kappa shape index (κ1) is 12.7. The molecule has 2 N–H and O–H groups in total. The molecule has 0 saturated heterocycles. The molecule has 0 aliphatic heterocycles. The Bertz CT molecular complexity index is 485. The smallest absolute Gasteiger partial charge is 0.0314 e. The van der Waals surface area contributed by atoms with E-state index in [2.05, 4.69) is 43.3 Å². The second kappa shape index (κ2) is 6.25. The number of aryl methyl sites for hydroxylation is 3. The summed E-state index contributed by atoms with van der Waals surface area (Å²) in [5, 5.41) is 0. The molecule has 1 nitrogen and oxygen atoms in total. The molecule has 2 aromatic rings. The van der Waals surface area contributed by atoms with E-state index in [1.807, 2.05) is 12.1 Å². The number of nitrogens with two attached hydrogens (primary N) is 1. The van der Waals surface area contributed by atoms with Crippen LogP contribution in [0, 0.1) is 6.92 Å².